The molecule has 1 N–H and O–H groups in total. The van der Waals surface area contributed by atoms with Crippen LogP contribution in [0.15, 0.2) is 42.5 Å². The molecule has 0 spiro atoms. The van der Waals surface area contributed by atoms with Crippen LogP contribution in [0.3, 0.4) is 0 Å². The van der Waals surface area contributed by atoms with Crippen LogP contribution < -0.4 is 4.74 Å². The smallest absolute Gasteiger partial charge is 0.122 e. The molecule has 1 aliphatic rings. The zero-order valence-electron chi connectivity index (χ0n) is 10.5. The van der Waals surface area contributed by atoms with E-state index >= 15 is 0 Å². The summed E-state index contributed by atoms with van der Waals surface area (Å²) in [5.41, 5.74) is 3.34. The van der Waals surface area contributed by atoms with Crippen LogP contribution in [0.1, 0.15) is 22.8 Å². The van der Waals surface area contributed by atoms with Crippen LogP contribution >= 0.6 is 22.6 Å². The fourth-order valence-corrected chi connectivity index (χ4v) is 2.73. The molecule has 0 radical (unpaired) electrons. The lowest BCUT2D eigenvalue weighted by Crippen LogP contribution is -2.02. The van der Waals surface area contributed by atoms with Gasteiger partial charge in [-0.15, -0.1) is 0 Å². The molecule has 3 rings (SSSR count). The highest BCUT2D eigenvalue weighted by Gasteiger charge is 2.15. The lowest BCUT2D eigenvalue weighted by atomic mass is 9.99. The second-order valence-corrected chi connectivity index (χ2v) is 6.06. The third-order valence-corrected chi connectivity index (χ3v) is 4.16. The lowest BCUT2D eigenvalue weighted by molar-refractivity contribution is 0.178. The van der Waals surface area contributed by atoms with Crippen LogP contribution in [0, 0.1) is 3.57 Å². The minimum absolute atomic E-state index is 0.453. The largest absolute Gasteiger partial charge is 0.493 e. The fourth-order valence-electron chi connectivity index (χ4n) is 2.38. The normalized spacial score (nSPS) is 14.8. The number of rotatable bonds is 3. The predicted octanol–water partition coefficient (Wildman–Crippen LogP) is 3.50. The Bertz CT molecular complexity index is 578. The maximum absolute atomic E-state index is 10.3. The summed E-state index contributed by atoms with van der Waals surface area (Å²) >= 11 is 2.29. The van der Waals surface area contributed by atoms with Crippen molar-refractivity contribution in [2.24, 2.45) is 0 Å². The molecule has 0 saturated heterocycles. The lowest BCUT2D eigenvalue weighted by Gasteiger charge is -2.12. The monoisotopic (exact) mass is 366 g/mol. The maximum Gasteiger partial charge on any atom is 0.122 e. The molecule has 2 nitrogen and oxygen atoms in total. The van der Waals surface area contributed by atoms with Gasteiger partial charge in [0.2, 0.25) is 0 Å². The average molecular weight is 366 g/mol. The van der Waals surface area contributed by atoms with Gasteiger partial charge in [-0.05, 0) is 63.5 Å². The summed E-state index contributed by atoms with van der Waals surface area (Å²) in [6.07, 6.45) is 1.14. The van der Waals surface area contributed by atoms with Crippen molar-refractivity contribution in [3.05, 3.63) is 62.7 Å². The van der Waals surface area contributed by atoms with Crippen LogP contribution in [0.2, 0.25) is 0 Å². The zero-order chi connectivity index (χ0) is 13.2. The van der Waals surface area contributed by atoms with E-state index in [1.54, 1.807) is 0 Å². The van der Waals surface area contributed by atoms with Gasteiger partial charge in [0.05, 0.1) is 12.7 Å². The molecule has 19 heavy (non-hydrogen) atoms. The fraction of sp³-hybridized carbons (Fsp3) is 0.250. The number of ether oxygens (including phenoxy) is 1. The summed E-state index contributed by atoms with van der Waals surface area (Å²) < 4.78 is 6.70. The molecule has 1 aliphatic heterocycles. The van der Waals surface area contributed by atoms with E-state index in [-0.39, 0.29) is 0 Å². The summed E-state index contributed by atoms with van der Waals surface area (Å²) in [5, 5.41) is 10.3. The van der Waals surface area contributed by atoms with E-state index in [0.717, 1.165) is 29.9 Å². The molecule has 0 bridgehead atoms. The van der Waals surface area contributed by atoms with E-state index in [4.69, 9.17) is 4.74 Å². The van der Waals surface area contributed by atoms with Gasteiger partial charge in [-0.1, -0.05) is 18.2 Å². The second kappa shape index (κ2) is 5.51. The number of benzene rings is 2. The Labute approximate surface area is 126 Å². The molecule has 0 amide bonds. The minimum Gasteiger partial charge on any atom is -0.493 e. The Kier molecular flexibility index (Phi) is 3.75. The quantitative estimate of drug-likeness (QED) is 0.843. The van der Waals surface area contributed by atoms with Crippen LogP contribution in [0.5, 0.6) is 5.75 Å². The molecule has 1 atom stereocenters. The third-order valence-electron chi connectivity index (χ3n) is 3.44. The van der Waals surface area contributed by atoms with Crippen molar-refractivity contribution in [2.45, 2.75) is 18.9 Å². The minimum atomic E-state index is -0.453. The Hall–Kier alpha value is -1.07. The topological polar surface area (TPSA) is 29.5 Å². The number of hydrogen-bond donors (Lipinski definition) is 1. The summed E-state index contributed by atoms with van der Waals surface area (Å²) in [5.74, 6) is 0.963. The number of aliphatic hydroxyl groups excluding tert-OH is 1. The van der Waals surface area contributed by atoms with E-state index < -0.39 is 6.10 Å². The van der Waals surface area contributed by atoms with Crippen molar-refractivity contribution in [1.82, 2.24) is 0 Å². The molecular weight excluding hydrogens is 351 g/mol. The standard InChI is InChI=1S/C16H15IO2/c17-14-4-1-11(2-5-14)9-15(18)12-3-6-16-13(10-12)7-8-19-16/h1-6,10,15,18H,7-9H2. The van der Waals surface area contributed by atoms with Gasteiger partial charge in [-0.3, -0.25) is 0 Å². The molecule has 2 aromatic carbocycles. The highest BCUT2D eigenvalue weighted by molar-refractivity contribution is 14.1. The molecule has 0 fully saturated rings. The molecule has 0 aliphatic carbocycles. The Morgan fingerprint density at radius 2 is 1.95 bits per heavy atom. The van der Waals surface area contributed by atoms with Gasteiger partial charge < -0.3 is 9.84 Å². The zero-order valence-corrected chi connectivity index (χ0v) is 12.6. The van der Waals surface area contributed by atoms with E-state index in [9.17, 15) is 5.11 Å². The van der Waals surface area contributed by atoms with Gasteiger partial charge in [0.1, 0.15) is 5.75 Å². The van der Waals surface area contributed by atoms with Gasteiger partial charge in [0, 0.05) is 16.4 Å². The molecule has 2 aromatic rings. The highest BCUT2D eigenvalue weighted by atomic mass is 127. The van der Waals surface area contributed by atoms with Gasteiger partial charge >= 0.3 is 0 Å². The third kappa shape index (κ3) is 2.92. The van der Waals surface area contributed by atoms with Gasteiger partial charge in [-0.25, -0.2) is 0 Å². The first-order chi connectivity index (χ1) is 9.22. The predicted molar refractivity (Wildman–Crippen MR) is 83.5 cm³/mol. The van der Waals surface area contributed by atoms with Gasteiger partial charge in [0.25, 0.3) is 0 Å². The van der Waals surface area contributed by atoms with E-state index in [1.807, 2.05) is 12.1 Å². The van der Waals surface area contributed by atoms with Crippen LogP contribution in [-0.2, 0) is 12.8 Å². The molecule has 0 saturated carbocycles. The second-order valence-electron chi connectivity index (χ2n) is 4.81. The Balaban J connectivity index is 1.76. The molecule has 1 heterocycles. The van der Waals surface area contributed by atoms with Gasteiger partial charge in [0.15, 0.2) is 0 Å². The SMILES string of the molecule is OC(Cc1ccc(I)cc1)c1ccc2c(c1)CCO2. The maximum atomic E-state index is 10.3. The van der Waals surface area contributed by atoms with Crippen molar-refractivity contribution in [1.29, 1.82) is 0 Å². The van der Waals surface area contributed by atoms with Crippen molar-refractivity contribution >= 4 is 22.6 Å². The van der Waals surface area contributed by atoms with Crippen molar-refractivity contribution in [3.8, 4) is 5.75 Å². The van der Waals surface area contributed by atoms with Crippen LogP contribution in [0.25, 0.3) is 0 Å². The van der Waals surface area contributed by atoms with E-state index in [1.165, 1.54) is 9.13 Å². The van der Waals surface area contributed by atoms with E-state index in [2.05, 4.69) is 52.9 Å². The van der Waals surface area contributed by atoms with E-state index in [0.29, 0.717) is 6.42 Å². The summed E-state index contributed by atoms with van der Waals surface area (Å²) in [7, 11) is 0. The summed E-state index contributed by atoms with van der Waals surface area (Å²) in [6, 6.07) is 14.3. The average Bonchev–Trinajstić information content (AvgIpc) is 2.88. The molecule has 3 heteroatoms. The van der Waals surface area contributed by atoms with Crippen LogP contribution in [0.4, 0.5) is 0 Å². The first kappa shape index (κ1) is 12.9. The molecule has 0 aromatic heterocycles. The number of hydrogen-bond acceptors (Lipinski definition) is 2. The Morgan fingerprint density at radius 3 is 2.74 bits per heavy atom. The molecule has 1 unspecified atom stereocenters. The molecule has 98 valence electrons. The molecular formula is C16H15IO2. The number of halogens is 1. The van der Waals surface area contributed by atoms with Crippen LogP contribution in [-0.4, -0.2) is 11.7 Å². The first-order valence-corrected chi connectivity index (χ1v) is 7.48. The number of aliphatic hydroxyl groups is 1. The summed E-state index contributed by atoms with van der Waals surface area (Å²) in [4.78, 5) is 0. The Morgan fingerprint density at radius 1 is 1.16 bits per heavy atom. The van der Waals surface area contributed by atoms with Crippen molar-refractivity contribution in [3.63, 3.8) is 0 Å². The first-order valence-electron chi connectivity index (χ1n) is 6.40. The highest BCUT2D eigenvalue weighted by Crippen LogP contribution is 2.29. The number of fused-ring (bicyclic) bond motifs is 1. The van der Waals surface area contributed by atoms with Crippen molar-refractivity contribution < 1.29 is 9.84 Å². The summed E-state index contributed by atoms with van der Waals surface area (Å²) in [6.45, 7) is 0.756. The van der Waals surface area contributed by atoms with Gasteiger partial charge in [-0.2, -0.15) is 0 Å². The van der Waals surface area contributed by atoms with Crippen molar-refractivity contribution in [2.75, 3.05) is 6.61 Å².